The second-order valence-electron chi connectivity index (χ2n) is 4.95. The van der Waals surface area contributed by atoms with E-state index in [1.165, 1.54) is 5.56 Å². The fourth-order valence-corrected chi connectivity index (χ4v) is 2.32. The molecule has 0 spiro atoms. The molecular weight excluding hydrogens is 244 g/mol. The summed E-state index contributed by atoms with van der Waals surface area (Å²) >= 11 is 0. The standard InChI is InChI=1S/C14H20N2O3/c1-11-3-2-6-15-13(11)9-16-7-4-12(5-8-16)19-10-14(17)18/h2-3,6,12H,4-5,7-10H2,1H3,(H,17,18). The molecule has 0 radical (unpaired) electrons. The van der Waals surface area contributed by atoms with Crippen molar-refractivity contribution in [2.45, 2.75) is 32.4 Å². The van der Waals surface area contributed by atoms with E-state index in [-0.39, 0.29) is 12.7 Å². The van der Waals surface area contributed by atoms with E-state index in [0.717, 1.165) is 38.2 Å². The van der Waals surface area contributed by atoms with Crippen molar-refractivity contribution in [1.82, 2.24) is 9.88 Å². The molecule has 0 amide bonds. The third-order valence-corrected chi connectivity index (χ3v) is 3.47. The number of hydrogen-bond acceptors (Lipinski definition) is 4. The third kappa shape index (κ3) is 4.29. The number of likely N-dealkylation sites (tertiary alicyclic amines) is 1. The number of nitrogens with zero attached hydrogens (tertiary/aromatic N) is 2. The van der Waals surface area contributed by atoms with E-state index in [1.807, 2.05) is 12.3 Å². The minimum Gasteiger partial charge on any atom is -0.480 e. The molecule has 1 aromatic heterocycles. The molecule has 0 atom stereocenters. The largest absolute Gasteiger partial charge is 0.480 e. The summed E-state index contributed by atoms with van der Waals surface area (Å²) in [7, 11) is 0. The van der Waals surface area contributed by atoms with Crippen molar-refractivity contribution in [3.8, 4) is 0 Å². The minimum atomic E-state index is -0.897. The molecule has 0 aromatic carbocycles. The number of hydrogen-bond donors (Lipinski definition) is 1. The topological polar surface area (TPSA) is 62.7 Å². The van der Waals surface area contributed by atoms with Gasteiger partial charge >= 0.3 is 5.97 Å². The van der Waals surface area contributed by atoms with Crippen LogP contribution < -0.4 is 0 Å². The van der Waals surface area contributed by atoms with Crippen LogP contribution in [-0.4, -0.2) is 46.8 Å². The molecule has 19 heavy (non-hydrogen) atoms. The molecule has 0 saturated carbocycles. The van der Waals surface area contributed by atoms with Gasteiger partial charge in [0.2, 0.25) is 0 Å². The molecule has 5 nitrogen and oxygen atoms in total. The first-order chi connectivity index (χ1) is 9.15. The molecule has 1 aliphatic heterocycles. The molecular formula is C14H20N2O3. The molecule has 0 bridgehead atoms. The fourth-order valence-electron chi connectivity index (χ4n) is 2.32. The van der Waals surface area contributed by atoms with Crippen molar-refractivity contribution in [3.63, 3.8) is 0 Å². The number of carboxylic acids is 1. The number of pyridine rings is 1. The summed E-state index contributed by atoms with van der Waals surface area (Å²) in [5, 5.41) is 8.58. The van der Waals surface area contributed by atoms with Gasteiger partial charge in [0.25, 0.3) is 0 Å². The van der Waals surface area contributed by atoms with Crippen LogP contribution in [0.25, 0.3) is 0 Å². The van der Waals surface area contributed by atoms with Crippen LogP contribution in [0.3, 0.4) is 0 Å². The smallest absolute Gasteiger partial charge is 0.329 e. The fraction of sp³-hybridized carbons (Fsp3) is 0.571. The Hall–Kier alpha value is -1.46. The summed E-state index contributed by atoms with van der Waals surface area (Å²) in [6, 6.07) is 4.02. The maximum Gasteiger partial charge on any atom is 0.329 e. The second-order valence-corrected chi connectivity index (χ2v) is 4.95. The van der Waals surface area contributed by atoms with E-state index in [4.69, 9.17) is 9.84 Å². The van der Waals surface area contributed by atoms with E-state index in [9.17, 15) is 4.79 Å². The number of ether oxygens (including phenoxy) is 1. The first-order valence-electron chi connectivity index (χ1n) is 6.61. The molecule has 5 heteroatoms. The Morgan fingerprint density at radius 3 is 2.89 bits per heavy atom. The quantitative estimate of drug-likeness (QED) is 0.872. The Morgan fingerprint density at radius 1 is 1.53 bits per heavy atom. The monoisotopic (exact) mass is 264 g/mol. The number of rotatable bonds is 5. The highest BCUT2D eigenvalue weighted by Gasteiger charge is 2.20. The Bertz CT molecular complexity index is 428. The lowest BCUT2D eigenvalue weighted by atomic mass is 10.1. The molecule has 0 unspecified atom stereocenters. The minimum absolute atomic E-state index is 0.0807. The van der Waals surface area contributed by atoms with E-state index >= 15 is 0 Å². The molecule has 104 valence electrons. The lowest BCUT2D eigenvalue weighted by Crippen LogP contribution is -2.37. The Kier molecular flexibility index (Phi) is 4.87. The van der Waals surface area contributed by atoms with Gasteiger partial charge in [-0.1, -0.05) is 6.07 Å². The molecule has 2 rings (SSSR count). The predicted molar refractivity (Wildman–Crippen MR) is 70.9 cm³/mol. The van der Waals surface area contributed by atoms with E-state index < -0.39 is 5.97 Å². The number of aryl methyl sites for hydroxylation is 1. The molecule has 1 saturated heterocycles. The third-order valence-electron chi connectivity index (χ3n) is 3.47. The summed E-state index contributed by atoms with van der Waals surface area (Å²) < 4.78 is 5.32. The average molecular weight is 264 g/mol. The van der Waals surface area contributed by atoms with Gasteiger partial charge in [-0.15, -0.1) is 0 Å². The van der Waals surface area contributed by atoms with E-state index in [1.54, 1.807) is 0 Å². The maximum atomic E-state index is 10.4. The Balaban J connectivity index is 1.77. The molecule has 1 aliphatic rings. The van der Waals surface area contributed by atoms with Gasteiger partial charge < -0.3 is 9.84 Å². The summed E-state index contributed by atoms with van der Waals surface area (Å²) in [6.07, 6.45) is 3.68. The van der Waals surface area contributed by atoms with Crippen molar-refractivity contribution in [2.24, 2.45) is 0 Å². The van der Waals surface area contributed by atoms with Crippen molar-refractivity contribution in [2.75, 3.05) is 19.7 Å². The normalized spacial score (nSPS) is 17.5. The average Bonchev–Trinajstić information content (AvgIpc) is 2.40. The number of piperidine rings is 1. The van der Waals surface area contributed by atoms with Gasteiger partial charge in [-0.05, 0) is 31.4 Å². The summed E-state index contributed by atoms with van der Waals surface area (Å²) in [4.78, 5) is 17.2. The zero-order valence-electron chi connectivity index (χ0n) is 11.2. The Labute approximate surface area is 113 Å². The maximum absolute atomic E-state index is 10.4. The SMILES string of the molecule is Cc1cccnc1CN1CCC(OCC(=O)O)CC1. The van der Waals surface area contributed by atoms with Crippen LogP contribution in [0.2, 0.25) is 0 Å². The number of carboxylic acid groups (broad SMARTS) is 1. The van der Waals surface area contributed by atoms with E-state index in [0.29, 0.717) is 0 Å². The first kappa shape index (κ1) is 14.0. The summed E-state index contributed by atoms with van der Waals surface area (Å²) in [6.45, 7) is 4.61. The van der Waals surface area contributed by atoms with Gasteiger partial charge in [-0.3, -0.25) is 9.88 Å². The van der Waals surface area contributed by atoms with Gasteiger partial charge in [-0.25, -0.2) is 4.79 Å². The summed E-state index contributed by atoms with van der Waals surface area (Å²) in [5.41, 5.74) is 2.33. The number of aromatic nitrogens is 1. The predicted octanol–water partition coefficient (Wildman–Crippen LogP) is 1.46. The number of carbonyl (C=O) groups is 1. The summed E-state index contributed by atoms with van der Waals surface area (Å²) in [5.74, 6) is -0.897. The lowest BCUT2D eigenvalue weighted by molar-refractivity contribution is -0.145. The van der Waals surface area contributed by atoms with Crippen molar-refractivity contribution in [3.05, 3.63) is 29.6 Å². The highest BCUT2D eigenvalue weighted by atomic mass is 16.5. The van der Waals surface area contributed by atoms with Crippen molar-refractivity contribution < 1.29 is 14.6 Å². The highest BCUT2D eigenvalue weighted by Crippen LogP contribution is 2.16. The van der Waals surface area contributed by atoms with Crippen LogP contribution in [0.1, 0.15) is 24.1 Å². The van der Waals surface area contributed by atoms with Crippen molar-refractivity contribution >= 4 is 5.97 Å². The van der Waals surface area contributed by atoms with Crippen LogP contribution in [0.5, 0.6) is 0 Å². The van der Waals surface area contributed by atoms with Crippen LogP contribution in [0.15, 0.2) is 18.3 Å². The van der Waals surface area contributed by atoms with Crippen molar-refractivity contribution in [1.29, 1.82) is 0 Å². The number of aliphatic carboxylic acids is 1. The van der Waals surface area contributed by atoms with Gasteiger partial charge in [0.05, 0.1) is 11.8 Å². The van der Waals surface area contributed by atoms with E-state index in [2.05, 4.69) is 22.9 Å². The molecule has 0 aliphatic carbocycles. The molecule has 2 heterocycles. The lowest BCUT2D eigenvalue weighted by Gasteiger charge is -2.31. The van der Waals surface area contributed by atoms with Gasteiger partial charge in [-0.2, -0.15) is 0 Å². The van der Waals surface area contributed by atoms with Crippen LogP contribution in [-0.2, 0) is 16.1 Å². The van der Waals surface area contributed by atoms with Gasteiger partial charge in [0, 0.05) is 25.8 Å². The zero-order chi connectivity index (χ0) is 13.7. The molecule has 1 fully saturated rings. The van der Waals surface area contributed by atoms with Gasteiger partial charge in [0.15, 0.2) is 0 Å². The van der Waals surface area contributed by atoms with Gasteiger partial charge in [0.1, 0.15) is 6.61 Å². The zero-order valence-corrected chi connectivity index (χ0v) is 11.2. The first-order valence-corrected chi connectivity index (χ1v) is 6.61. The van der Waals surface area contributed by atoms with Crippen LogP contribution in [0, 0.1) is 6.92 Å². The molecule has 1 N–H and O–H groups in total. The highest BCUT2D eigenvalue weighted by molar-refractivity contribution is 5.68. The molecule has 1 aromatic rings. The van der Waals surface area contributed by atoms with Crippen LogP contribution in [0.4, 0.5) is 0 Å². The second kappa shape index (κ2) is 6.63. The Morgan fingerprint density at radius 2 is 2.26 bits per heavy atom. The van der Waals surface area contributed by atoms with Crippen LogP contribution >= 0.6 is 0 Å².